The first-order valence-electron chi connectivity index (χ1n) is 6.19. The molecule has 0 aliphatic heterocycles. The fourth-order valence-electron chi connectivity index (χ4n) is 1.64. The summed E-state index contributed by atoms with van der Waals surface area (Å²) < 4.78 is 10.5. The first-order valence-corrected chi connectivity index (χ1v) is 6.19. The van der Waals surface area contributed by atoms with E-state index in [2.05, 4.69) is 6.92 Å². The number of hydrogen-bond donors (Lipinski definition) is 1. The van der Waals surface area contributed by atoms with Crippen LogP contribution >= 0.6 is 0 Å². The Kier molecular flexibility index (Phi) is 5.49. The third kappa shape index (κ3) is 3.95. The number of hydrogen-bond acceptors (Lipinski definition) is 4. The predicted octanol–water partition coefficient (Wildman–Crippen LogP) is 2.69. The number of rotatable bonds is 6. The average molecular weight is 251 g/mol. The monoisotopic (exact) mass is 251 g/mol. The number of carbonyl (C=O) groups excluding carboxylic acids is 1. The summed E-state index contributed by atoms with van der Waals surface area (Å²) in [5, 5.41) is 0. The highest BCUT2D eigenvalue weighted by Crippen LogP contribution is 2.23. The van der Waals surface area contributed by atoms with Gasteiger partial charge in [-0.2, -0.15) is 0 Å². The summed E-state index contributed by atoms with van der Waals surface area (Å²) in [6, 6.07) is 5.41. The molecule has 2 N–H and O–H groups in total. The van der Waals surface area contributed by atoms with E-state index in [9.17, 15) is 4.79 Å². The van der Waals surface area contributed by atoms with E-state index in [1.54, 1.807) is 12.1 Å². The van der Waals surface area contributed by atoms with Crippen LogP contribution < -0.4 is 10.5 Å². The topological polar surface area (TPSA) is 61.5 Å². The van der Waals surface area contributed by atoms with E-state index in [0.29, 0.717) is 17.9 Å². The van der Waals surface area contributed by atoms with Gasteiger partial charge >= 0.3 is 5.97 Å². The Morgan fingerprint density at radius 1 is 1.44 bits per heavy atom. The van der Waals surface area contributed by atoms with Gasteiger partial charge in [0, 0.05) is 11.8 Å². The molecular formula is C14H21NO3. The zero-order valence-corrected chi connectivity index (χ0v) is 11.2. The standard InChI is InChI=1S/C14H21NO3/c1-4-5-6-12(14(16)17-3)18-13-9-11(15)8-7-10(13)2/h7-9,12H,4-6,15H2,1-3H3. The van der Waals surface area contributed by atoms with E-state index in [0.717, 1.165) is 18.4 Å². The van der Waals surface area contributed by atoms with Gasteiger partial charge < -0.3 is 15.2 Å². The Balaban J connectivity index is 2.81. The normalized spacial score (nSPS) is 11.9. The minimum atomic E-state index is -0.560. The van der Waals surface area contributed by atoms with Crippen LogP contribution in [-0.4, -0.2) is 19.2 Å². The number of ether oxygens (including phenoxy) is 2. The molecule has 1 unspecified atom stereocenters. The van der Waals surface area contributed by atoms with E-state index in [-0.39, 0.29) is 5.97 Å². The fourth-order valence-corrected chi connectivity index (χ4v) is 1.64. The molecule has 0 heterocycles. The summed E-state index contributed by atoms with van der Waals surface area (Å²) in [5.74, 6) is 0.298. The lowest BCUT2D eigenvalue weighted by atomic mass is 10.1. The van der Waals surface area contributed by atoms with Crippen LogP contribution in [0.15, 0.2) is 18.2 Å². The van der Waals surface area contributed by atoms with E-state index in [1.165, 1.54) is 7.11 Å². The molecule has 0 bridgehead atoms. The van der Waals surface area contributed by atoms with E-state index in [1.807, 2.05) is 13.0 Å². The van der Waals surface area contributed by atoms with Crippen LogP contribution in [0.25, 0.3) is 0 Å². The molecular weight excluding hydrogens is 230 g/mol. The second-order valence-electron chi connectivity index (χ2n) is 4.30. The third-order valence-corrected chi connectivity index (χ3v) is 2.77. The number of benzene rings is 1. The molecule has 1 atom stereocenters. The maximum Gasteiger partial charge on any atom is 0.347 e. The van der Waals surface area contributed by atoms with Gasteiger partial charge in [0.2, 0.25) is 0 Å². The van der Waals surface area contributed by atoms with Crippen molar-refractivity contribution in [1.29, 1.82) is 0 Å². The first-order chi connectivity index (χ1) is 8.58. The molecule has 4 nitrogen and oxygen atoms in total. The van der Waals surface area contributed by atoms with Crippen LogP contribution in [0.2, 0.25) is 0 Å². The number of methoxy groups -OCH3 is 1. The van der Waals surface area contributed by atoms with Crippen LogP contribution in [0.1, 0.15) is 31.7 Å². The molecule has 1 aromatic carbocycles. The Morgan fingerprint density at radius 3 is 2.78 bits per heavy atom. The molecule has 0 amide bonds. The van der Waals surface area contributed by atoms with Gasteiger partial charge in [-0.15, -0.1) is 0 Å². The van der Waals surface area contributed by atoms with Gasteiger partial charge in [-0.1, -0.05) is 19.4 Å². The Labute approximate surface area is 108 Å². The van der Waals surface area contributed by atoms with Crippen molar-refractivity contribution in [3.63, 3.8) is 0 Å². The van der Waals surface area contributed by atoms with Gasteiger partial charge in [-0.25, -0.2) is 4.79 Å². The molecule has 0 aromatic heterocycles. The number of nitrogen functional groups attached to an aromatic ring is 1. The highest BCUT2D eigenvalue weighted by molar-refractivity contribution is 5.75. The zero-order valence-electron chi connectivity index (χ0n) is 11.2. The molecule has 0 fully saturated rings. The molecule has 100 valence electrons. The Hall–Kier alpha value is -1.71. The van der Waals surface area contributed by atoms with Gasteiger partial charge in [-0.05, 0) is 31.4 Å². The van der Waals surface area contributed by atoms with Crippen LogP contribution in [0.5, 0.6) is 5.75 Å². The van der Waals surface area contributed by atoms with Crippen LogP contribution in [-0.2, 0) is 9.53 Å². The summed E-state index contributed by atoms with van der Waals surface area (Å²) in [7, 11) is 1.37. The van der Waals surface area contributed by atoms with Crippen molar-refractivity contribution in [2.24, 2.45) is 0 Å². The van der Waals surface area contributed by atoms with Crippen molar-refractivity contribution >= 4 is 11.7 Å². The van der Waals surface area contributed by atoms with E-state index >= 15 is 0 Å². The molecule has 18 heavy (non-hydrogen) atoms. The van der Waals surface area contributed by atoms with Crippen molar-refractivity contribution in [2.75, 3.05) is 12.8 Å². The second-order valence-corrected chi connectivity index (χ2v) is 4.30. The smallest absolute Gasteiger partial charge is 0.347 e. The lowest BCUT2D eigenvalue weighted by molar-refractivity contribution is -0.149. The molecule has 4 heteroatoms. The first kappa shape index (κ1) is 14.4. The second kappa shape index (κ2) is 6.89. The van der Waals surface area contributed by atoms with Gasteiger partial charge in [0.1, 0.15) is 5.75 Å². The Morgan fingerprint density at radius 2 is 2.17 bits per heavy atom. The number of aryl methyl sites for hydroxylation is 1. The summed E-state index contributed by atoms with van der Waals surface area (Å²) >= 11 is 0. The number of anilines is 1. The highest BCUT2D eigenvalue weighted by atomic mass is 16.6. The van der Waals surface area contributed by atoms with Crippen molar-refractivity contribution in [1.82, 2.24) is 0 Å². The molecule has 0 spiro atoms. The molecule has 0 radical (unpaired) electrons. The van der Waals surface area contributed by atoms with Crippen molar-refractivity contribution in [3.05, 3.63) is 23.8 Å². The van der Waals surface area contributed by atoms with Gasteiger partial charge in [0.15, 0.2) is 6.10 Å². The fraction of sp³-hybridized carbons (Fsp3) is 0.500. The van der Waals surface area contributed by atoms with Crippen LogP contribution in [0, 0.1) is 6.92 Å². The van der Waals surface area contributed by atoms with Crippen LogP contribution in [0.3, 0.4) is 0 Å². The minimum Gasteiger partial charge on any atom is -0.478 e. The number of esters is 1. The molecule has 0 aliphatic rings. The van der Waals surface area contributed by atoms with Crippen molar-refractivity contribution < 1.29 is 14.3 Å². The van der Waals surface area contributed by atoms with Gasteiger partial charge in [0.25, 0.3) is 0 Å². The summed E-state index contributed by atoms with van der Waals surface area (Å²) in [4.78, 5) is 11.6. The highest BCUT2D eigenvalue weighted by Gasteiger charge is 2.21. The number of nitrogens with two attached hydrogens (primary N) is 1. The lowest BCUT2D eigenvalue weighted by Gasteiger charge is -2.18. The summed E-state index contributed by atoms with van der Waals surface area (Å²) in [5.41, 5.74) is 7.29. The average Bonchev–Trinajstić information content (AvgIpc) is 2.37. The van der Waals surface area contributed by atoms with Crippen molar-refractivity contribution in [3.8, 4) is 5.75 Å². The summed E-state index contributed by atoms with van der Waals surface area (Å²) in [6.07, 6.45) is 2.01. The van der Waals surface area contributed by atoms with Crippen molar-refractivity contribution in [2.45, 2.75) is 39.2 Å². The van der Waals surface area contributed by atoms with Crippen LogP contribution in [0.4, 0.5) is 5.69 Å². The predicted molar refractivity (Wildman–Crippen MR) is 71.5 cm³/mol. The van der Waals surface area contributed by atoms with E-state index in [4.69, 9.17) is 15.2 Å². The maximum atomic E-state index is 11.6. The molecule has 0 saturated carbocycles. The minimum absolute atomic E-state index is 0.342. The van der Waals surface area contributed by atoms with Gasteiger partial charge in [0.05, 0.1) is 7.11 Å². The zero-order chi connectivity index (χ0) is 13.5. The largest absolute Gasteiger partial charge is 0.478 e. The SMILES string of the molecule is CCCCC(Oc1cc(N)ccc1C)C(=O)OC. The Bertz CT molecular complexity index is 404. The molecule has 0 aliphatic carbocycles. The van der Waals surface area contributed by atoms with E-state index < -0.39 is 6.10 Å². The lowest BCUT2D eigenvalue weighted by Crippen LogP contribution is -2.28. The molecule has 0 saturated heterocycles. The maximum absolute atomic E-state index is 11.6. The molecule has 1 aromatic rings. The van der Waals surface area contributed by atoms with Gasteiger partial charge in [-0.3, -0.25) is 0 Å². The quantitative estimate of drug-likeness (QED) is 0.623. The summed E-state index contributed by atoms with van der Waals surface area (Å²) in [6.45, 7) is 3.99. The third-order valence-electron chi connectivity index (χ3n) is 2.77. The number of unbranched alkanes of at least 4 members (excludes halogenated alkanes) is 1. The molecule has 1 rings (SSSR count). The number of carbonyl (C=O) groups is 1.